The minimum absolute atomic E-state index is 0.143. The van der Waals surface area contributed by atoms with Crippen molar-refractivity contribution in [3.8, 4) is 11.5 Å². The van der Waals surface area contributed by atoms with Crippen molar-refractivity contribution in [1.82, 2.24) is 0 Å². The summed E-state index contributed by atoms with van der Waals surface area (Å²) in [5, 5.41) is 2.64. The van der Waals surface area contributed by atoms with Gasteiger partial charge in [0.1, 0.15) is 0 Å². The van der Waals surface area contributed by atoms with Gasteiger partial charge < -0.3 is 14.8 Å². The molecule has 0 spiro atoms. The lowest BCUT2D eigenvalue weighted by Crippen LogP contribution is -2.39. The molecule has 28 heavy (non-hydrogen) atoms. The van der Waals surface area contributed by atoms with Gasteiger partial charge in [0, 0.05) is 17.4 Å². The number of hydrogen-bond acceptors (Lipinski definition) is 4. The predicted octanol–water partition coefficient (Wildman–Crippen LogP) is 3.59. The maximum atomic E-state index is 12.9. The highest BCUT2D eigenvalue weighted by Crippen LogP contribution is 2.34. The molecule has 1 heterocycles. The summed E-state index contributed by atoms with van der Waals surface area (Å²) in [6.45, 7) is 0.433. The SMILES string of the molecule is O=C(Nc1ccc2c(c1)OCO2)C(=O)N(Cc1ccccc1)c1ccccc1. The van der Waals surface area contributed by atoms with Crippen LogP contribution in [0.5, 0.6) is 11.5 Å². The first-order valence-electron chi connectivity index (χ1n) is 8.82. The molecule has 0 aromatic heterocycles. The van der Waals surface area contributed by atoms with Gasteiger partial charge in [-0.15, -0.1) is 0 Å². The van der Waals surface area contributed by atoms with Crippen LogP contribution >= 0.6 is 0 Å². The second kappa shape index (κ2) is 7.84. The second-order valence-corrected chi connectivity index (χ2v) is 6.23. The van der Waals surface area contributed by atoms with Crippen LogP contribution in [-0.2, 0) is 16.1 Å². The van der Waals surface area contributed by atoms with E-state index in [1.165, 1.54) is 4.90 Å². The average molecular weight is 374 g/mol. The van der Waals surface area contributed by atoms with Crippen LogP contribution in [0, 0.1) is 0 Å². The number of carbonyl (C=O) groups is 2. The number of hydrogen-bond donors (Lipinski definition) is 1. The summed E-state index contributed by atoms with van der Waals surface area (Å²) in [7, 11) is 0. The summed E-state index contributed by atoms with van der Waals surface area (Å²) in [5.74, 6) is -0.222. The number of nitrogens with one attached hydrogen (secondary N) is 1. The molecule has 1 aliphatic heterocycles. The van der Waals surface area contributed by atoms with E-state index < -0.39 is 11.8 Å². The molecule has 1 aliphatic rings. The van der Waals surface area contributed by atoms with E-state index >= 15 is 0 Å². The Morgan fingerprint density at radius 1 is 0.857 bits per heavy atom. The molecule has 140 valence electrons. The van der Waals surface area contributed by atoms with Gasteiger partial charge in [0.25, 0.3) is 0 Å². The van der Waals surface area contributed by atoms with Crippen LogP contribution in [0.15, 0.2) is 78.9 Å². The Bertz CT molecular complexity index is 990. The van der Waals surface area contributed by atoms with E-state index in [0.29, 0.717) is 22.9 Å². The van der Waals surface area contributed by atoms with Crippen molar-refractivity contribution in [3.05, 3.63) is 84.4 Å². The summed E-state index contributed by atoms with van der Waals surface area (Å²) in [6.07, 6.45) is 0. The molecule has 0 bridgehead atoms. The fourth-order valence-electron chi connectivity index (χ4n) is 2.94. The zero-order valence-corrected chi connectivity index (χ0v) is 15.0. The molecule has 0 unspecified atom stereocenters. The summed E-state index contributed by atoms with van der Waals surface area (Å²) < 4.78 is 10.6. The van der Waals surface area contributed by atoms with Crippen LogP contribution in [0.1, 0.15) is 5.56 Å². The molecule has 0 saturated carbocycles. The molecule has 3 aromatic carbocycles. The van der Waals surface area contributed by atoms with Crippen molar-refractivity contribution in [1.29, 1.82) is 0 Å². The van der Waals surface area contributed by atoms with Gasteiger partial charge in [-0.25, -0.2) is 0 Å². The molecule has 0 atom stereocenters. The van der Waals surface area contributed by atoms with E-state index in [1.807, 2.05) is 48.5 Å². The summed E-state index contributed by atoms with van der Waals surface area (Å²) >= 11 is 0. The number of para-hydroxylation sites is 1. The highest BCUT2D eigenvalue weighted by molar-refractivity contribution is 6.44. The van der Waals surface area contributed by atoms with E-state index in [1.54, 1.807) is 30.3 Å². The highest BCUT2D eigenvalue weighted by atomic mass is 16.7. The van der Waals surface area contributed by atoms with Crippen molar-refractivity contribution < 1.29 is 19.1 Å². The van der Waals surface area contributed by atoms with Gasteiger partial charge in [0.2, 0.25) is 6.79 Å². The Hall–Kier alpha value is -3.80. The lowest BCUT2D eigenvalue weighted by atomic mass is 10.2. The normalized spacial score (nSPS) is 11.7. The van der Waals surface area contributed by atoms with Gasteiger partial charge in [-0.1, -0.05) is 48.5 Å². The molecule has 0 fully saturated rings. The second-order valence-electron chi connectivity index (χ2n) is 6.23. The highest BCUT2D eigenvalue weighted by Gasteiger charge is 2.24. The fraction of sp³-hybridized carbons (Fsp3) is 0.0909. The Morgan fingerprint density at radius 3 is 2.29 bits per heavy atom. The van der Waals surface area contributed by atoms with E-state index in [9.17, 15) is 9.59 Å². The number of anilines is 2. The maximum Gasteiger partial charge on any atom is 0.316 e. The zero-order chi connectivity index (χ0) is 19.3. The Labute approximate surface area is 162 Å². The number of rotatable bonds is 4. The molecular weight excluding hydrogens is 356 g/mol. The summed E-state index contributed by atoms with van der Waals surface area (Å²) in [4.78, 5) is 27.0. The van der Waals surface area contributed by atoms with Crippen molar-refractivity contribution in [3.63, 3.8) is 0 Å². The van der Waals surface area contributed by atoms with E-state index in [4.69, 9.17) is 9.47 Å². The fourth-order valence-corrected chi connectivity index (χ4v) is 2.94. The van der Waals surface area contributed by atoms with Gasteiger partial charge in [-0.2, -0.15) is 0 Å². The molecule has 1 N–H and O–H groups in total. The minimum atomic E-state index is -0.723. The largest absolute Gasteiger partial charge is 0.454 e. The third-order valence-electron chi connectivity index (χ3n) is 4.32. The topological polar surface area (TPSA) is 67.9 Å². The molecule has 0 aliphatic carbocycles. The first-order valence-corrected chi connectivity index (χ1v) is 8.82. The smallest absolute Gasteiger partial charge is 0.316 e. The van der Waals surface area contributed by atoms with Gasteiger partial charge in [-0.3, -0.25) is 14.5 Å². The van der Waals surface area contributed by atoms with E-state index in [2.05, 4.69) is 5.32 Å². The number of nitrogens with zero attached hydrogens (tertiary/aromatic N) is 1. The lowest BCUT2D eigenvalue weighted by molar-refractivity contribution is -0.134. The molecule has 0 radical (unpaired) electrons. The van der Waals surface area contributed by atoms with E-state index in [0.717, 1.165) is 5.56 Å². The monoisotopic (exact) mass is 374 g/mol. The molecule has 0 saturated heterocycles. The quantitative estimate of drug-likeness (QED) is 0.709. The first kappa shape index (κ1) is 17.6. The van der Waals surface area contributed by atoms with Crippen LogP contribution in [0.3, 0.4) is 0 Å². The van der Waals surface area contributed by atoms with Crippen LogP contribution in [0.25, 0.3) is 0 Å². The van der Waals surface area contributed by atoms with Gasteiger partial charge in [-0.05, 0) is 29.8 Å². The number of ether oxygens (including phenoxy) is 2. The van der Waals surface area contributed by atoms with Crippen molar-refractivity contribution in [2.24, 2.45) is 0 Å². The van der Waals surface area contributed by atoms with Gasteiger partial charge >= 0.3 is 11.8 Å². The van der Waals surface area contributed by atoms with Crippen LogP contribution in [0.2, 0.25) is 0 Å². The van der Waals surface area contributed by atoms with Crippen molar-refractivity contribution in [2.75, 3.05) is 17.0 Å². The van der Waals surface area contributed by atoms with Crippen molar-refractivity contribution >= 4 is 23.2 Å². The number of carbonyl (C=O) groups excluding carboxylic acids is 2. The Balaban J connectivity index is 1.55. The standard InChI is InChI=1S/C22H18N2O4/c25-21(23-17-11-12-19-20(13-17)28-15-27-19)22(26)24(18-9-5-2-6-10-18)14-16-7-3-1-4-8-16/h1-13H,14-15H2,(H,23,25). The third kappa shape index (κ3) is 3.81. The third-order valence-corrected chi connectivity index (χ3v) is 4.32. The van der Waals surface area contributed by atoms with Crippen LogP contribution in [0.4, 0.5) is 11.4 Å². The zero-order valence-electron chi connectivity index (χ0n) is 15.0. The Morgan fingerprint density at radius 2 is 1.54 bits per heavy atom. The van der Waals surface area contributed by atoms with Crippen LogP contribution < -0.4 is 19.7 Å². The molecular formula is C22H18N2O4. The predicted molar refractivity (Wildman–Crippen MR) is 105 cm³/mol. The lowest BCUT2D eigenvalue weighted by Gasteiger charge is -2.22. The molecule has 6 nitrogen and oxygen atoms in total. The molecule has 2 amide bonds. The minimum Gasteiger partial charge on any atom is -0.454 e. The summed E-state index contributed by atoms with van der Waals surface area (Å²) in [5.41, 5.74) is 2.04. The Kier molecular flexibility index (Phi) is 4.93. The number of benzene rings is 3. The average Bonchev–Trinajstić information content (AvgIpc) is 3.21. The number of fused-ring (bicyclic) bond motifs is 1. The van der Waals surface area contributed by atoms with Crippen LogP contribution in [-0.4, -0.2) is 18.6 Å². The van der Waals surface area contributed by atoms with E-state index in [-0.39, 0.29) is 13.3 Å². The first-order chi connectivity index (χ1) is 13.7. The maximum absolute atomic E-state index is 12.9. The van der Waals surface area contributed by atoms with Crippen molar-refractivity contribution in [2.45, 2.75) is 6.54 Å². The van der Waals surface area contributed by atoms with Gasteiger partial charge in [0.05, 0.1) is 6.54 Å². The number of amides is 2. The molecule has 4 rings (SSSR count). The summed E-state index contributed by atoms with van der Waals surface area (Å²) in [6, 6.07) is 23.7. The molecule has 6 heteroatoms. The molecule has 3 aromatic rings. The van der Waals surface area contributed by atoms with Gasteiger partial charge in [0.15, 0.2) is 11.5 Å².